The molecule has 38 heavy (non-hydrogen) atoms. The van der Waals surface area contributed by atoms with Gasteiger partial charge < -0.3 is 19.1 Å². The van der Waals surface area contributed by atoms with Crippen molar-refractivity contribution in [1.29, 1.82) is 0 Å². The molecule has 1 saturated heterocycles. The number of carbonyl (C=O) groups is 2. The van der Waals surface area contributed by atoms with Crippen molar-refractivity contribution in [2.24, 2.45) is 7.05 Å². The minimum Gasteiger partial charge on any atom is -0.481 e. The van der Waals surface area contributed by atoms with Gasteiger partial charge in [-0.1, -0.05) is 42.5 Å². The average molecular weight is 512 g/mol. The second kappa shape index (κ2) is 10.4. The maximum absolute atomic E-state index is 13.0. The second-order valence-electron chi connectivity index (χ2n) is 9.51. The van der Waals surface area contributed by atoms with Crippen molar-refractivity contribution in [3.63, 3.8) is 0 Å². The van der Waals surface area contributed by atoms with E-state index in [1.54, 1.807) is 29.2 Å². The molecule has 1 aliphatic heterocycles. The third-order valence-electron chi connectivity index (χ3n) is 6.81. The van der Waals surface area contributed by atoms with Crippen molar-refractivity contribution in [3.05, 3.63) is 102 Å². The van der Waals surface area contributed by atoms with E-state index in [9.17, 15) is 9.59 Å². The summed E-state index contributed by atoms with van der Waals surface area (Å²) in [7, 11) is 1.94. The Morgan fingerprint density at radius 1 is 1.08 bits per heavy atom. The third kappa shape index (κ3) is 5.25. The summed E-state index contributed by atoms with van der Waals surface area (Å²) in [5.41, 5.74) is 4.09. The van der Waals surface area contributed by atoms with Crippen LogP contribution in [-0.2, 0) is 29.5 Å². The summed E-state index contributed by atoms with van der Waals surface area (Å²) in [6.07, 6.45) is 1.10. The fourth-order valence-corrected chi connectivity index (χ4v) is 4.67. The molecule has 8 nitrogen and oxygen atoms in total. The van der Waals surface area contributed by atoms with E-state index in [2.05, 4.69) is 4.98 Å². The molecule has 3 aromatic carbocycles. The van der Waals surface area contributed by atoms with Crippen LogP contribution in [0.2, 0.25) is 0 Å². The normalized spacial score (nSPS) is 16.9. The van der Waals surface area contributed by atoms with E-state index in [0.29, 0.717) is 17.1 Å². The molecule has 8 heteroatoms. The summed E-state index contributed by atoms with van der Waals surface area (Å²) in [6.45, 7) is 4.19. The zero-order chi connectivity index (χ0) is 26.8. The number of aliphatic carboxylic acids is 1. The van der Waals surface area contributed by atoms with Crippen LogP contribution in [0.15, 0.2) is 79.0 Å². The summed E-state index contributed by atoms with van der Waals surface area (Å²) in [5, 5.41) is 9.17. The summed E-state index contributed by atoms with van der Waals surface area (Å²) in [5.74, 6) is 1.06. The predicted octanol–water partition coefficient (Wildman–Crippen LogP) is 5.90. The molecule has 1 N–H and O–H groups in total. The molecule has 2 atom stereocenters. The Kier molecular flexibility index (Phi) is 6.87. The van der Waals surface area contributed by atoms with E-state index in [1.165, 1.54) is 0 Å². The first kappa shape index (κ1) is 25.1. The number of hydrogen-bond acceptors (Lipinski definition) is 5. The van der Waals surface area contributed by atoms with Gasteiger partial charge in [0.2, 0.25) is 0 Å². The molecule has 0 radical (unpaired) electrons. The van der Waals surface area contributed by atoms with Crippen LogP contribution in [0.5, 0.6) is 11.5 Å². The van der Waals surface area contributed by atoms with Gasteiger partial charge in [0.15, 0.2) is 0 Å². The van der Waals surface area contributed by atoms with Crippen LogP contribution in [-0.4, -0.2) is 37.7 Å². The number of hydrogen-bond donors (Lipinski definition) is 1. The van der Waals surface area contributed by atoms with E-state index in [-0.39, 0.29) is 31.2 Å². The average Bonchev–Trinajstić information content (AvgIpc) is 3.38. The number of rotatable bonds is 8. The van der Waals surface area contributed by atoms with Gasteiger partial charge >= 0.3 is 12.1 Å². The highest BCUT2D eigenvalue weighted by Crippen LogP contribution is 2.36. The van der Waals surface area contributed by atoms with Crippen molar-refractivity contribution in [3.8, 4) is 22.8 Å². The smallest absolute Gasteiger partial charge is 0.411 e. The number of nitrogens with zero attached hydrogens (tertiary/aromatic N) is 3. The lowest BCUT2D eigenvalue weighted by Crippen LogP contribution is -2.31. The number of imidazole rings is 1. The lowest BCUT2D eigenvalue weighted by atomic mass is 10.0. The molecule has 0 saturated carbocycles. The summed E-state index contributed by atoms with van der Waals surface area (Å²) in [6, 6.07) is 22.3. The standard InChI is InChI=1S/C30H29N3O5/c1-19-29(22-9-5-4-6-10-22)38-30(36)33(19)17-24-16-23(26-18-32(3)20(2)31-26)12-13-27(24)37-25-11-7-8-21(14-25)15-28(34)35/h4-14,16,18-19,29H,15,17H2,1-3H3,(H,34,35). The topological polar surface area (TPSA) is 93.9 Å². The Labute approximate surface area is 221 Å². The monoisotopic (exact) mass is 511 g/mol. The molecule has 0 bridgehead atoms. The maximum atomic E-state index is 13.0. The number of aromatic nitrogens is 2. The third-order valence-corrected chi connectivity index (χ3v) is 6.81. The maximum Gasteiger partial charge on any atom is 0.411 e. The van der Waals surface area contributed by atoms with Crippen molar-refractivity contribution in [1.82, 2.24) is 14.5 Å². The second-order valence-corrected chi connectivity index (χ2v) is 9.51. The number of amides is 1. The molecule has 1 aromatic heterocycles. The lowest BCUT2D eigenvalue weighted by molar-refractivity contribution is -0.136. The number of ether oxygens (including phenoxy) is 2. The zero-order valence-corrected chi connectivity index (χ0v) is 21.5. The van der Waals surface area contributed by atoms with Gasteiger partial charge in [0.1, 0.15) is 23.4 Å². The van der Waals surface area contributed by atoms with Gasteiger partial charge in [-0.25, -0.2) is 9.78 Å². The van der Waals surface area contributed by atoms with Crippen LogP contribution >= 0.6 is 0 Å². The molecule has 0 aliphatic carbocycles. The SMILES string of the molecule is Cc1nc(-c2ccc(Oc3cccc(CC(=O)O)c3)c(CN3C(=O)OC(c4ccccc4)C3C)c2)cn1C. The minimum absolute atomic E-state index is 0.0972. The fourth-order valence-electron chi connectivity index (χ4n) is 4.67. The van der Waals surface area contributed by atoms with Gasteiger partial charge in [0.25, 0.3) is 0 Å². The van der Waals surface area contributed by atoms with E-state index in [1.807, 2.05) is 80.2 Å². The molecule has 4 aromatic rings. The Morgan fingerprint density at radius 3 is 2.58 bits per heavy atom. The van der Waals surface area contributed by atoms with Crippen LogP contribution in [0.3, 0.4) is 0 Å². The highest BCUT2D eigenvalue weighted by Gasteiger charge is 2.40. The van der Waals surface area contributed by atoms with Crippen LogP contribution in [0, 0.1) is 6.92 Å². The number of carboxylic acid groups (broad SMARTS) is 1. The molecule has 0 spiro atoms. The summed E-state index contributed by atoms with van der Waals surface area (Å²) < 4.78 is 14.0. The van der Waals surface area contributed by atoms with E-state index < -0.39 is 5.97 Å². The van der Waals surface area contributed by atoms with E-state index >= 15 is 0 Å². The Balaban J connectivity index is 1.48. The van der Waals surface area contributed by atoms with Crippen molar-refractivity contribution in [2.45, 2.75) is 39.0 Å². The number of carbonyl (C=O) groups excluding carboxylic acids is 1. The first-order valence-corrected chi connectivity index (χ1v) is 12.4. The van der Waals surface area contributed by atoms with Crippen LogP contribution in [0.1, 0.15) is 35.5 Å². The quantitative estimate of drug-likeness (QED) is 0.317. The molecule has 1 fully saturated rings. The van der Waals surface area contributed by atoms with Gasteiger partial charge in [0, 0.05) is 24.4 Å². The Hall–Kier alpha value is -4.59. The number of carboxylic acids is 1. The first-order chi connectivity index (χ1) is 18.3. The highest BCUT2D eigenvalue weighted by atomic mass is 16.6. The van der Waals surface area contributed by atoms with Gasteiger partial charge in [-0.2, -0.15) is 0 Å². The number of benzene rings is 3. The summed E-state index contributed by atoms with van der Waals surface area (Å²) >= 11 is 0. The van der Waals surface area contributed by atoms with E-state index in [4.69, 9.17) is 14.6 Å². The Bertz CT molecular complexity index is 1460. The van der Waals surface area contributed by atoms with Gasteiger partial charge in [-0.3, -0.25) is 9.69 Å². The van der Waals surface area contributed by atoms with Gasteiger partial charge in [-0.15, -0.1) is 0 Å². The number of aryl methyl sites for hydroxylation is 2. The van der Waals surface area contributed by atoms with E-state index in [0.717, 1.165) is 28.2 Å². The minimum atomic E-state index is -0.910. The summed E-state index contributed by atoms with van der Waals surface area (Å²) in [4.78, 5) is 30.5. The zero-order valence-electron chi connectivity index (χ0n) is 21.5. The molecule has 2 unspecified atom stereocenters. The molecular weight excluding hydrogens is 482 g/mol. The van der Waals surface area contributed by atoms with Crippen LogP contribution < -0.4 is 4.74 Å². The van der Waals surface area contributed by atoms with Gasteiger partial charge in [-0.05, 0) is 55.3 Å². The molecule has 1 amide bonds. The largest absolute Gasteiger partial charge is 0.481 e. The van der Waals surface area contributed by atoms with Crippen LogP contribution in [0.4, 0.5) is 4.79 Å². The molecule has 194 valence electrons. The molecule has 2 heterocycles. The fraction of sp³-hybridized carbons (Fsp3) is 0.233. The van der Waals surface area contributed by atoms with Crippen molar-refractivity contribution >= 4 is 12.1 Å². The Morgan fingerprint density at radius 2 is 1.87 bits per heavy atom. The molecular formula is C30H29N3O5. The number of cyclic esters (lactones) is 1. The molecule has 1 aliphatic rings. The van der Waals surface area contributed by atoms with Crippen molar-refractivity contribution in [2.75, 3.05) is 0 Å². The highest BCUT2D eigenvalue weighted by molar-refractivity contribution is 5.72. The van der Waals surface area contributed by atoms with Crippen LogP contribution in [0.25, 0.3) is 11.3 Å². The first-order valence-electron chi connectivity index (χ1n) is 12.4. The van der Waals surface area contributed by atoms with Crippen molar-refractivity contribution < 1.29 is 24.2 Å². The lowest BCUT2D eigenvalue weighted by Gasteiger charge is -2.22. The predicted molar refractivity (Wildman–Crippen MR) is 142 cm³/mol. The molecule has 5 rings (SSSR count). The van der Waals surface area contributed by atoms with Gasteiger partial charge in [0.05, 0.1) is 24.7 Å².